The Morgan fingerprint density at radius 1 is 1.15 bits per heavy atom. The van der Waals surface area contributed by atoms with Gasteiger partial charge in [0.2, 0.25) is 0 Å². The number of urea groups is 1. The molecule has 1 aliphatic rings. The van der Waals surface area contributed by atoms with Crippen LogP contribution in [-0.4, -0.2) is 16.0 Å². The molecule has 1 aromatic heterocycles. The number of H-pyrrole nitrogens is 1. The minimum absolute atomic E-state index is 0.0121. The van der Waals surface area contributed by atoms with Crippen LogP contribution in [0.1, 0.15) is 48.9 Å². The number of hydrogen-bond acceptors (Lipinski definition) is 2. The molecule has 5 heteroatoms. The number of carbonyl (C=O) groups is 1. The summed E-state index contributed by atoms with van der Waals surface area (Å²) in [6.45, 7) is 2.10. The maximum absolute atomic E-state index is 12.5. The summed E-state index contributed by atoms with van der Waals surface area (Å²) in [7, 11) is 0. The minimum atomic E-state index is -0.187. The number of aryl methyl sites for hydroxylation is 2. The van der Waals surface area contributed by atoms with Crippen molar-refractivity contribution in [3.63, 3.8) is 0 Å². The lowest BCUT2D eigenvalue weighted by Gasteiger charge is -2.22. The predicted octanol–water partition coefficient (Wildman–Crippen LogP) is 4.71. The second kappa shape index (κ2) is 7.20. The molecule has 4 rings (SSSR count). The molecule has 26 heavy (non-hydrogen) atoms. The van der Waals surface area contributed by atoms with Crippen molar-refractivity contribution in [3.8, 4) is 0 Å². The largest absolute Gasteiger partial charge is 0.345 e. The van der Waals surface area contributed by atoms with Gasteiger partial charge in [-0.2, -0.15) is 0 Å². The number of rotatable bonds is 4. The molecule has 0 aliphatic heterocycles. The highest BCUT2D eigenvalue weighted by Crippen LogP contribution is 2.26. The first-order chi connectivity index (χ1) is 12.7. The van der Waals surface area contributed by atoms with Crippen molar-refractivity contribution in [1.82, 2.24) is 15.3 Å². The summed E-state index contributed by atoms with van der Waals surface area (Å²) < 4.78 is 0. The van der Waals surface area contributed by atoms with Crippen LogP contribution in [0.3, 0.4) is 0 Å². The highest BCUT2D eigenvalue weighted by Gasteiger charge is 2.16. The highest BCUT2D eigenvalue weighted by atomic mass is 16.2. The van der Waals surface area contributed by atoms with Gasteiger partial charge in [0.1, 0.15) is 0 Å². The lowest BCUT2D eigenvalue weighted by Crippen LogP contribution is -2.32. The van der Waals surface area contributed by atoms with Gasteiger partial charge in [0.15, 0.2) is 0 Å². The zero-order chi connectivity index (χ0) is 17.9. The van der Waals surface area contributed by atoms with Crippen LogP contribution < -0.4 is 10.6 Å². The molecule has 0 saturated heterocycles. The topological polar surface area (TPSA) is 69.8 Å². The van der Waals surface area contributed by atoms with Crippen LogP contribution in [0.4, 0.5) is 10.5 Å². The Kier molecular flexibility index (Phi) is 4.61. The molecule has 2 aromatic carbocycles. The molecule has 1 heterocycles. The molecule has 1 atom stereocenters. The molecular formula is C21H24N4O. The molecule has 0 fully saturated rings. The summed E-state index contributed by atoms with van der Waals surface area (Å²) in [4.78, 5) is 19.7. The molecular weight excluding hydrogens is 324 g/mol. The average Bonchev–Trinajstić information content (AvgIpc) is 3.13. The standard InChI is InChI=1S/C21H24N4O/c1-2-18(16-8-7-14-5-3-4-6-15(14)11-16)25-21(26)24-17-9-10-19-20(12-17)23-13-22-19/h7-13,18H,2-6H2,1H3,(H,22,23)(H2,24,25,26). The smallest absolute Gasteiger partial charge is 0.319 e. The molecule has 0 radical (unpaired) electrons. The van der Waals surface area contributed by atoms with Gasteiger partial charge in [-0.25, -0.2) is 9.78 Å². The third-order valence-corrected chi connectivity index (χ3v) is 5.17. The molecule has 3 aromatic rings. The molecule has 0 spiro atoms. The third-order valence-electron chi connectivity index (χ3n) is 5.17. The maximum Gasteiger partial charge on any atom is 0.319 e. The van der Waals surface area contributed by atoms with Crippen LogP contribution in [0.2, 0.25) is 0 Å². The monoisotopic (exact) mass is 348 g/mol. The number of fused-ring (bicyclic) bond motifs is 2. The maximum atomic E-state index is 12.5. The number of aromatic nitrogens is 2. The zero-order valence-electron chi connectivity index (χ0n) is 15.0. The molecule has 0 saturated carbocycles. The predicted molar refractivity (Wildman–Crippen MR) is 104 cm³/mol. The van der Waals surface area contributed by atoms with E-state index in [2.05, 4.69) is 45.7 Å². The number of hydrogen-bond donors (Lipinski definition) is 3. The number of nitrogens with one attached hydrogen (secondary N) is 3. The van der Waals surface area contributed by atoms with Gasteiger partial charge in [-0.1, -0.05) is 25.1 Å². The van der Waals surface area contributed by atoms with Crippen molar-refractivity contribution in [2.24, 2.45) is 0 Å². The van der Waals surface area contributed by atoms with Gasteiger partial charge in [-0.3, -0.25) is 0 Å². The second-order valence-corrected chi connectivity index (χ2v) is 6.93. The lowest BCUT2D eigenvalue weighted by molar-refractivity contribution is 0.248. The Morgan fingerprint density at radius 3 is 2.85 bits per heavy atom. The van der Waals surface area contributed by atoms with E-state index in [4.69, 9.17) is 0 Å². The fourth-order valence-corrected chi connectivity index (χ4v) is 3.73. The van der Waals surface area contributed by atoms with E-state index in [1.807, 2.05) is 18.2 Å². The first-order valence-electron chi connectivity index (χ1n) is 9.35. The van der Waals surface area contributed by atoms with Crippen LogP contribution >= 0.6 is 0 Å². The fraction of sp³-hybridized carbons (Fsp3) is 0.333. The Morgan fingerprint density at radius 2 is 2.00 bits per heavy atom. The van der Waals surface area contributed by atoms with Gasteiger partial charge in [-0.15, -0.1) is 0 Å². The number of anilines is 1. The van der Waals surface area contributed by atoms with E-state index >= 15 is 0 Å². The number of benzene rings is 2. The van der Waals surface area contributed by atoms with Crippen LogP contribution in [0.15, 0.2) is 42.7 Å². The summed E-state index contributed by atoms with van der Waals surface area (Å²) in [5.41, 5.74) is 6.64. The van der Waals surface area contributed by atoms with Crippen molar-refractivity contribution >= 4 is 22.8 Å². The van der Waals surface area contributed by atoms with Gasteiger partial charge in [0.25, 0.3) is 0 Å². The summed E-state index contributed by atoms with van der Waals surface area (Å²) in [5.74, 6) is 0. The SMILES string of the molecule is CCC(NC(=O)Nc1ccc2nc[nH]c2c1)c1ccc2c(c1)CCCC2. The Hall–Kier alpha value is -2.82. The molecule has 1 aliphatic carbocycles. The van der Waals surface area contributed by atoms with Crippen LogP contribution in [0, 0.1) is 0 Å². The quantitative estimate of drug-likeness (QED) is 0.639. The number of imidazole rings is 1. The molecule has 134 valence electrons. The van der Waals surface area contributed by atoms with Crippen molar-refractivity contribution < 1.29 is 4.79 Å². The lowest BCUT2D eigenvalue weighted by atomic mass is 9.89. The number of nitrogens with zero attached hydrogens (tertiary/aromatic N) is 1. The highest BCUT2D eigenvalue weighted by molar-refractivity contribution is 5.92. The molecule has 2 amide bonds. The average molecular weight is 348 g/mol. The third kappa shape index (κ3) is 3.43. The molecule has 0 bridgehead atoms. The van der Waals surface area contributed by atoms with Crippen LogP contribution in [0.5, 0.6) is 0 Å². The molecule has 1 unspecified atom stereocenters. The van der Waals surface area contributed by atoms with E-state index in [1.54, 1.807) is 6.33 Å². The van der Waals surface area contributed by atoms with E-state index in [0.29, 0.717) is 0 Å². The number of carbonyl (C=O) groups excluding carboxylic acids is 1. The Bertz CT molecular complexity index is 931. The zero-order valence-corrected chi connectivity index (χ0v) is 15.0. The van der Waals surface area contributed by atoms with E-state index in [0.717, 1.165) is 29.6 Å². The van der Waals surface area contributed by atoms with E-state index < -0.39 is 0 Å². The van der Waals surface area contributed by atoms with E-state index in [-0.39, 0.29) is 12.1 Å². The normalized spacial score (nSPS) is 14.7. The first-order valence-corrected chi connectivity index (χ1v) is 9.35. The van der Waals surface area contributed by atoms with Crippen molar-refractivity contribution in [2.45, 2.75) is 45.1 Å². The molecule has 3 N–H and O–H groups in total. The minimum Gasteiger partial charge on any atom is -0.345 e. The Balaban J connectivity index is 1.46. The van der Waals surface area contributed by atoms with E-state index in [9.17, 15) is 4.79 Å². The van der Waals surface area contributed by atoms with Crippen LogP contribution in [0.25, 0.3) is 11.0 Å². The number of aromatic amines is 1. The van der Waals surface area contributed by atoms with Gasteiger partial charge in [-0.05, 0) is 67.0 Å². The van der Waals surface area contributed by atoms with E-state index in [1.165, 1.54) is 36.0 Å². The Labute approximate surface area is 153 Å². The van der Waals surface area contributed by atoms with Crippen molar-refractivity contribution in [1.29, 1.82) is 0 Å². The second-order valence-electron chi connectivity index (χ2n) is 6.93. The summed E-state index contributed by atoms with van der Waals surface area (Å²) in [5, 5.41) is 6.03. The summed E-state index contributed by atoms with van der Waals surface area (Å²) in [6.07, 6.45) is 7.37. The summed E-state index contributed by atoms with van der Waals surface area (Å²) >= 11 is 0. The van der Waals surface area contributed by atoms with Crippen molar-refractivity contribution in [3.05, 3.63) is 59.4 Å². The summed E-state index contributed by atoms with van der Waals surface area (Å²) in [6, 6.07) is 12.1. The van der Waals surface area contributed by atoms with Crippen molar-refractivity contribution in [2.75, 3.05) is 5.32 Å². The number of amides is 2. The fourth-order valence-electron chi connectivity index (χ4n) is 3.73. The van der Waals surface area contributed by atoms with Gasteiger partial charge in [0, 0.05) is 5.69 Å². The van der Waals surface area contributed by atoms with Crippen LogP contribution in [-0.2, 0) is 12.8 Å². The van der Waals surface area contributed by atoms with Gasteiger partial charge >= 0.3 is 6.03 Å². The first kappa shape index (κ1) is 16.6. The van der Waals surface area contributed by atoms with Gasteiger partial charge < -0.3 is 15.6 Å². The van der Waals surface area contributed by atoms with Gasteiger partial charge in [0.05, 0.1) is 23.4 Å². The molecule has 5 nitrogen and oxygen atoms in total.